The summed E-state index contributed by atoms with van der Waals surface area (Å²) in [6.07, 6.45) is 1.56. The minimum Gasteiger partial charge on any atom is -0.480 e. The SMILES string of the molecule is CNC(c1ccc(Br)c(Cl)c1)c1ncc(OC)nc1OC. The summed E-state index contributed by atoms with van der Waals surface area (Å²) >= 11 is 9.54. The van der Waals surface area contributed by atoms with Crippen LogP contribution < -0.4 is 14.8 Å². The number of ether oxygens (including phenoxy) is 2. The molecule has 1 atom stereocenters. The lowest BCUT2D eigenvalue weighted by atomic mass is 10.0. The molecular formula is C14H15BrClN3O2. The second kappa shape index (κ2) is 7.06. The number of benzene rings is 1. The van der Waals surface area contributed by atoms with Gasteiger partial charge in [0.15, 0.2) is 0 Å². The van der Waals surface area contributed by atoms with Gasteiger partial charge in [0.1, 0.15) is 5.69 Å². The molecule has 1 aromatic heterocycles. The van der Waals surface area contributed by atoms with E-state index < -0.39 is 0 Å². The number of nitrogens with one attached hydrogen (secondary N) is 1. The van der Waals surface area contributed by atoms with Gasteiger partial charge in [0.25, 0.3) is 0 Å². The van der Waals surface area contributed by atoms with Gasteiger partial charge in [-0.15, -0.1) is 0 Å². The van der Waals surface area contributed by atoms with Crippen molar-refractivity contribution in [3.63, 3.8) is 0 Å². The molecule has 112 valence electrons. The quantitative estimate of drug-likeness (QED) is 0.873. The van der Waals surface area contributed by atoms with Crippen molar-refractivity contribution < 1.29 is 9.47 Å². The van der Waals surface area contributed by atoms with Crippen LogP contribution in [0.4, 0.5) is 0 Å². The van der Waals surface area contributed by atoms with Crippen LogP contribution in [0.1, 0.15) is 17.3 Å². The molecule has 2 aromatic rings. The Labute approximate surface area is 136 Å². The molecule has 0 bridgehead atoms. The van der Waals surface area contributed by atoms with Gasteiger partial charge in [-0.2, -0.15) is 4.98 Å². The lowest BCUT2D eigenvalue weighted by Crippen LogP contribution is -2.20. The molecule has 1 heterocycles. The van der Waals surface area contributed by atoms with Crippen molar-refractivity contribution in [1.82, 2.24) is 15.3 Å². The van der Waals surface area contributed by atoms with Crippen molar-refractivity contribution in [3.05, 3.63) is 45.1 Å². The van der Waals surface area contributed by atoms with Crippen molar-refractivity contribution in [2.45, 2.75) is 6.04 Å². The molecular weight excluding hydrogens is 358 g/mol. The smallest absolute Gasteiger partial charge is 0.240 e. The van der Waals surface area contributed by atoms with E-state index in [-0.39, 0.29) is 6.04 Å². The molecule has 0 aliphatic heterocycles. The molecule has 0 amide bonds. The number of aromatic nitrogens is 2. The summed E-state index contributed by atoms with van der Waals surface area (Å²) in [7, 11) is 4.92. The third-order valence-electron chi connectivity index (χ3n) is 2.99. The van der Waals surface area contributed by atoms with Gasteiger partial charge < -0.3 is 14.8 Å². The van der Waals surface area contributed by atoms with Gasteiger partial charge in [-0.3, -0.25) is 0 Å². The molecule has 0 aliphatic rings. The highest BCUT2D eigenvalue weighted by Gasteiger charge is 2.21. The number of nitrogens with zero attached hydrogens (tertiary/aromatic N) is 2. The Bertz CT molecular complexity index is 640. The first-order valence-corrected chi connectivity index (χ1v) is 7.35. The zero-order valence-corrected chi connectivity index (χ0v) is 14.2. The molecule has 2 rings (SSSR count). The summed E-state index contributed by atoms with van der Waals surface area (Å²) < 4.78 is 11.2. The van der Waals surface area contributed by atoms with Crippen molar-refractivity contribution in [2.75, 3.05) is 21.3 Å². The Balaban J connectivity index is 2.47. The fourth-order valence-corrected chi connectivity index (χ4v) is 2.40. The average Bonchev–Trinajstić information content (AvgIpc) is 2.51. The van der Waals surface area contributed by atoms with Crippen LogP contribution in [0.2, 0.25) is 5.02 Å². The first kappa shape index (κ1) is 16.0. The zero-order chi connectivity index (χ0) is 15.4. The largest absolute Gasteiger partial charge is 0.480 e. The number of rotatable bonds is 5. The second-order valence-corrected chi connectivity index (χ2v) is 5.46. The first-order chi connectivity index (χ1) is 10.1. The van der Waals surface area contributed by atoms with Gasteiger partial charge in [-0.1, -0.05) is 17.7 Å². The molecule has 1 unspecified atom stereocenters. The van der Waals surface area contributed by atoms with Crippen molar-refractivity contribution in [3.8, 4) is 11.8 Å². The highest BCUT2D eigenvalue weighted by Crippen LogP contribution is 2.31. The molecule has 0 radical (unpaired) electrons. The minimum atomic E-state index is -0.191. The predicted molar refractivity (Wildman–Crippen MR) is 85.2 cm³/mol. The Hall–Kier alpha value is -1.37. The number of hydrogen-bond donors (Lipinski definition) is 1. The molecule has 0 aliphatic carbocycles. The van der Waals surface area contributed by atoms with E-state index in [4.69, 9.17) is 21.1 Å². The number of hydrogen-bond acceptors (Lipinski definition) is 5. The third kappa shape index (κ3) is 3.45. The highest BCUT2D eigenvalue weighted by atomic mass is 79.9. The van der Waals surface area contributed by atoms with Gasteiger partial charge in [-0.25, -0.2) is 4.98 Å². The van der Waals surface area contributed by atoms with Crippen LogP contribution >= 0.6 is 27.5 Å². The summed E-state index contributed by atoms with van der Waals surface area (Å²) in [6.45, 7) is 0. The predicted octanol–water partition coefficient (Wildman–Crippen LogP) is 3.22. The Morgan fingerprint density at radius 3 is 2.62 bits per heavy atom. The summed E-state index contributed by atoms with van der Waals surface area (Å²) in [5.41, 5.74) is 1.63. The lowest BCUT2D eigenvalue weighted by molar-refractivity contribution is 0.353. The van der Waals surface area contributed by atoms with Gasteiger partial charge in [-0.05, 0) is 40.7 Å². The van der Waals surface area contributed by atoms with E-state index in [2.05, 4.69) is 31.2 Å². The first-order valence-electron chi connectivity index (χ1n) is 6.17. The summed E-state index contributed by atoms with van der Waals surface area (Å²) in [5.74, 6) is 0.812. The molecule has 1 aromatic carbocycles. The Morgan fingerprint density at radius 1 is 1.29 bits per heavy atom. The van der Waals surface area contributed by atoms with E-state index >= 15 is 0 Å². The summed E-state index contributed by atoms with van der Waals surface area (Å²) in [5, 5.41) is 3.83. The monoisotopic (exact) mass is 371 g/mol. The van der Waals surface area contributed by atoms with Crippen LogP contribution in [0, 0.1) is 0 Å². The Kier molecular flexibility index (Phi) is 5.39. The van der Waals surface area contributed by atoms with Crippen molar-refractivity contribution in [1.29, 1.82) is 0 Å². The minimum absolute atomic E-state index is 0.191. The molecule has 0 saturated carbocycles. The molecule has 0 saturated heterocycles. The van der Waals surface area contributed by atoms with Crippen LogP contribution in [0.5, 0.6) is 11.8 Å². The van der Waals surface area contributed by atoms with Crippen LogP contribution in [-0.4, -0.2) is 31.2 Å². The fraction of sp³-hybridized carbons (Fsp3) is 0.286. The Morgan fingerprint density at radius 2 is 2.05 bits per heavy atom. The second-order valence-electron chi connectivity index (χ2n) is 4.20. The summed E-state index contributed by atoms with van der Waals surface area (Å²) in [4.78, 5) is 8.64. The summed E-state index contributed by atoms with van der Waals surface area (Å²) in [6, 6.07) is 5.54. The van der Waals surface area contributed by atoms with E-state index in [1.54, 1.807) is 13.3 Å². The third-order valence-corrected chi connectivity index (χ3v) is 4.22. The van der Waals surface area contributed by atoms with E-state index in [9.17, 15) is 0 Å². The van der Waals surface area contributed by atoms with Crippen molar-refractivity contribution in [2.24, 2.45) is 0 Å². The maximum Gasteiger partial charge on any atom is 0.240 e. The van der Waals surface area contributed by atoms with Crippen LogP contribution in [0.15, 0.2) is 28.9 Å². The normalized spacial score (nSPS) is 12.0. The lowest BCUT2D eigenvalue weighted by Gasteiger charge is -2.18. The zero-order valence-electron chi connectivity index (χ0n) is 11.9. The highest BCUT2D eigenvalue weighted by molar-refractivity contribution is 9.10. The molecule has 7 heteroatoms. The number of methoxy groups -OCH3 is 2. The van der Waals surface area contributed by atoms with Gasteiger partial charge in [0, 0.05) is 4.47 Å². The molecule has 0 fully saturated rings. The van der Waals surface area contributed by atoms with Gasteiger partial charge in [0.2, 0.25) is 11.8 Å². The van der Waals surface area contributed by atoms with Gasteiger partial charge >= 0.3 is 0 Å². The molecule has 1 N–H and O–H groups in total. The maximum atomic E-state index is 6.16. The van der Waals surface area contributed by atoms with E-state index in [1.165, 1.54) is 7.11 Å². The van der Waals surface area contributed by atoms with E-state index in [0.29, 0.717) is 22.5 Å². The van der Waals surface area contributed by atoms with Crippen LogP contribution in [0.3, 0.4) is 0 Å². The van der Waals surface area contributed by atoms with Crippen LogP contribution in [-0.2, 0) is 0 Å². The van der Waals surface area contributed by atoms with Gasteiger partial charge in [0.05, 0.1) is 31.5 Å². The van der Waals surface area contributed by atoms with E-state index in [0.717, 1.165) is 10.0 Å². The molecule has 21 heavy (non-hydrogen) atoms. The molecule has 0 spiro atoms. The topological polar surface area (TPSA) is 56.3 Å². The van der Waals surface area contributed by atoms with E-state index in [1.807, 2.05) is 25.2 Å². The number of halogens is 2. The maximum absolute atomic E-state index is 6.16. The fourth-order valence-electron chi connectivity index (χ4n) is 1.97. The standard InChI is InChI=1S/C14H15BrClN3O2/c1-17-12(8-4-5-9(15)10(16)6-8)13-14(21-3)19-11(20-2)7-18-13/h4-7,12,17H,1-3H3. The molecule has 5 nitrogen and oxygen atoms in total. The average molecular weight is 373 g/mol. The van der Waals surface area contributed by atoms with Crippen LogP contribution in [0.25, 0.3) is 0 Å². The van der Waals surface area contributed by atoms with Crippen molar-refractivity contribution >= 4 is 27.5 Å².